The maximum Gasteiger partial charge on any atom is 0.132 e. The molecule has 2 nitrogen and oxygen atoms in total. The van der Waals surface area contributed by atoms with Crippen LogP contribution in [0.1, 0.15) is 114 Å². The molecule has 2 saturated carbocycles. The van der Waals surface area contributed by atoms with Gasteiger partial charge in [-0.3, -0.25) is 0 Å². The van der Waals surface area contributed by atoms with Crippen LogP contribution in [0.3, 0.4) is 0 Å². The van der Waals surface area contributed by atoms with Gasteiger partial charge in [-0.2, -0.15) is 0 Å². The molecule has 2 N–H and O–H groups in total. The van der Waals surface area contributed by atoms with Gasteiger partial charge < -0.3 is 10.2 Å². The Morgan fingerprint density at radius 1 is 0.462 bits per heavy atom. The molecule has 0 saturated heterocycles. The molecule has 6 aromatic rings. The van der Waals surface area contributed by atoms with E-state index < -0.39 is 0 Å². The summed E-state index contributed by atoms with van der Waals surface area (Å²) in [5, 5.41) is 28.6. The summed E-state index contributed by atoms with van der Waals surface area (Å²) in [6.45, 7) is 4.60. The minimum Gasteiger partial charge on any atom is -0.507 e. The number of hydrogen-bond acceptors (Lipinski definition) is 2. The molecule has 0 aliphatic heterocycles. The maximum atomic E-state index is 12.4. The van der Waals surface area contributed by atoms with Gasteiger partial charge in [-0.25, -0.2) is 0 Å². The van der Waals surface area contributed by atoms with E-state index in [0.717, 1.165) is 55.6 Å². The Balaban J connectivity index is 1.19. The molecule has 0 heterocycles. The molecule has 0 unspecified atom stereocenters. The zero-order valence-electron chi connectivity index (χ0n) is 31.1. The molecule has 6 aromatic carbocycles. The van der Waals surface area contributed by atoms with Gasteiger partial charge in [-0.15, -0.1) is 0 Å². The summed E-state index contributed by atoms with van der Waals surface area (Å²) in [6, 6.07) is 38.6. The molecule has 2 aliphatic rings. The fourth-order valence-electron chi connectivity index (χ4n) is 9.87. The summed E-state index contributed by atoms with van der Waals surface area (Å²) in [6.07, 6.45) is 15.7. The molecule has 0 spiro atoms. The number of phenolic OH excluding ortho intramolecular Hbond substituents is 2. The first-order valence-electron chi connectivity index (χ1n) is 20.2. The summed E-state index contributed by atoms with van der Waals surface area (Å²) >= 11 is 0. The molecule has 52 heavy (non-hydrogen) atoms. The Morgan fingerprint density at radius 2 is 0.827 bits per heavy atom. The van der Waals surface area contributed by atoms with Gasteiger partial charge >= 0.3 is 0 Å². The number of aromatic hydroxyl groups is 2. The van der Waals surface area contributed by atoms with Crippen LogP contribution in [0.4, 0.5) is 0 Å². The quantitative estimate of drug-likeness (QED) is 0.159. The first-order chi connectivity index (χ1) is 25.5. The van der Waals surface area contributed by atoms with Gasteiger partial charge in [0.05, 0.1) is 0 Å². The predicted molar refractivity (Wildman–Crippen MR) is 220 cm³/mol. The van der Waals surface area contributed by atoms with Gasteiger partial charge in [0.15, 0.2) is 0 Å². The Labute approximate surface area is 310 Å². The number of fused-ring (bicyclic) bond motifs is 2. The van der Waals surface area contributed by atoms with E-state index in [9.17, 15) is 10.2 Å². The number of hydrogen-bond donors (Lipinski definition) is 2. The van der Waals surface area contributed by atoms with Crippen molar-refractivity contribution in [2.45, 2.75) is 103 Å². The number of rotatable bonds is 9. The van der Waals surface area contributed by atoms with Gasteiger partial charge in [0.1, 0.15) is 11.5 Å². The van der Waals surface area contributed by atoms with Gasteiger partial charge in [0.2, 0.25) is 0 Å². The first-order valence-corrected chi connectivity index (χ1v) is 20.2. The van der Waals surface area contributed by atoms with Crippen LogP contribution >= 0.6 is 0 Å². The van der Waals surface area contributed by atoms with Crippen molar-refractivity contribution < 1.29 is 10.2 Å². The summed E-state index contributed by atoms with van der Waals surface area (Å²) in [5.74, 6) is 3.42. The van der Waals surface area contributed by atoms with E-state index in [2.05, 4.69) is 111 Å². The normalized spacial score (nSPS) is 20.7. The highest BCUT2D eigenvalue weighted by atomic mass is 16.3. The van der Waals surface area contributed by atoms with Crippen LogP contribution in [0.2, 0.25) is 0 Å². The third-order valence-corrected chi connectivity index (χ3v) is 12.8. The zero-order valence-corrected chi connectivity index (χ0v) is 31.1. The second kappa shape index (κ2) is 15.2. The van der Waals surface area contributed by atoms with Crippen LogP contribution in [0.15, 0.2) is 109 Å². The van der Waals surface area contributed by atoms with Crippen molar-refractivity contribution in [3.05, 3.63) is 120 Å². The molecule has 2 heteroatoms. The largest absolute Gasteiger partial charge is 0.507 e. The van der Waals surface area contributed by atoms with Crippen LogP contribution in [0, 0.1) is 11.8 Å². The lowest BCUT2D eigenvalue weighted by atomic mass is 9.77. The minimum absolute atomic E-state index is 0.207. The maximum absolute atomic E-state index is 12.4. The minimum atomic E-state index is 0.207. The molecule has 0 radical (unpaired) electrons. The van der Waals surface area contributed by atoms with Crippen molar-refractivity contribution in [1.29, 1.82) is 0 Å². The summed E-state index contributed by atoms with van der Waals surface area (Å²) in [5.41, 5.74) is 7.75. The zero-order chi connectivity index (χ0) is 35.6. The van der Waals surface area contributed by atoms with Crippen molar-refractivity contribution in [2.24, 2.45) is 11.8 Å². The molecule has 8 rings (SSSR count). The van der Waals surface area contributed by atoms with Crippen molar-refractivity contribution >= 4 is 21.5 Å². The topological polar surface area (TPSA) is 40.5 Å². The molecule has 0 bridgehead atoms. The third kappa shape index (κ3) is 6.73. The Kier molecular flexibility index (Phi) is 10.1. The van der Waals surface area contributed by atoms with E-state index in [1.54, 1.807) is 0 Å². The van der Waals surface area contributed by atoms with Crippen molar-refractivity contribution in [3.63, 3.8) is 0 Å². The number of phenols is 2. The second-order valence-electron chi connectivity index (χ2n) is 16.0. The fourth-order valence-corrected chi connectivity index (χ4v) is 9.87. The van der Waals surface area contributed by atoms with Gasteiger partial charge in [0, 0.05) is 22.3 Å². The van der Waals surface area contributed by atoms with Crippen molar-refractivity contribution in [2.75, 3.05) is 0 Å². The van der Waals surface area contributed by atoms with E-state index in [1.165, 1.54) is 88.2 Å². The van der Waals surface area contributed by atoms with E-state index in [0.29, 0.717) is 23.0 Å². The van der Waals surface area contributed by atoms with Crippen LogP contribution in [0.5, 0.6) is 11.5 Å². The van der Waals surface area contributed by atoms with Crippen molar-refractivity contribution in [3.8, 4) is 44.9 Å². The van der Waals surface area contributed by atoms with Gasteiger partial charge in [-0.1, -0.05) is 137 Å². The van der Waals surface area contributed by atoms with E-state index in [4.69, 9.17) is 0 Å². The molecule has 0 atom stereocenters. The lowest BCUT2D eigenvalue weighted by molar-refractivity contribution is 0.308. The van der Waals surface area contributed by atoms with E-state index in [1.807, 2.05) is 12.1 Å². The third-order valence-electron chi connectivity index (χ3n) is 12.8. The molecule has 0 aromatic heterocycles. The Hall–Kier alpha value is -4.56. The van der Waals surface area contributed by atoms with E-state index in [-0.39, 0.29) is 11.5 Å². The molecular weight excluding hydrogens is 633 g/mol. The summed E-state index contributed by atoms with van der Waals surface area (Å²) in [7, 11) is 0. The van der Waals surface area contributed by atoms with Crippen LogP contribution in [-0.4, -0.2) is 10.2 Å². The first kappa shape index (κ1) is 34.5. The van der Waals surface area contributed by atoms with Crippen LogP contribution < -0.4 is 0 Å². The monoisotopic (exact) mass is 686 g/mol. The SMILES string of the molecule is CCCC1CCC(c2ccc(-c3cc4ccccc4c(-c4c(O)c(-c5ccc(C6CCC(CCC)CC6)cc5)cc5ccccc45)c3O)cc2)CC1. The molecule has 2 aliphatic carbocycles. The molecule has 0 amide bonds. The standard InChI is InChI=1S/C50H54O2/c1-3-9-33-15-19-35(20-16-33)37-23-27-39(28-24-37)45-31-41-11-5-7-13-43(41)47(49(45)51)48-44-14-8-6-12-42(44)32-46(50(48)52)40-29-25-38(26-30-40)36-21-17-34(10-4-2)18-22-36/h5-8,11-14,23-36,51-52H,3-4,9-10,15-22H2,1-2H3. The lowest BCUT2D eigenvalue weighted by Gasteiger charge is -2.28. The molecular formula is C50H54O2. The van der Waals surface area contributed by atoms with Crippen LogP contribution in [0.25, 0.3) is 54.9 Å². The summed E-state index contributed by atoms with van der Waals surface area (Å²) < 4.78 is 0. The highest BCUT2D eigenvalue weighted by Crippen LogP contribution is 2.52. The lowest BCUT2D eigenvalue weighted by Crippen LogP contribution is -2.13. The average molecular weight is 687 g/mol. The average Bonchev–Trinajstić information content (AvgIpc) is 3.19. The molecule has 266 valence electrons. The highest BCUT2D eigenvalue weighted by molar-refractivity contribution is 6.13. The number of benzene rings is 6. The van der Waals surface area contributed by atoms with Crippen molar-refractivity contribution in [1.82, 2.24) is 0 Å². The highest BCUT2D eigenvalue weighted by Gasteiger charge is 2.26. The van der Waals surface area contributed by atoms with Gasteiger partial charge in [0.25, 0.3) is 0 Å². The molecule has 2 fully saturated rings. The smallest absolute Gasteiger partial charge is 0.132 e. The van der Waals surface area contributed by atoms with Gasteiger partial charge in [-0.05, 0) is 131 Å². The Morgan fingerprint density at radius 3 is 1.19 bits per heavy atom. The fraction of sp³-hybridized carbons (Fsp3) is 0.360. The summed E-state index contributed by atoms with van der Waals surface area (Å²) in [4.78, 5) is 0. The second-order valence-corrected chi connectivity index (χ2v) is 16.0. The predicted octanol–water partition coefficient (Wildman–Crippen LogP) is 14.6. The van der Waals surface area contributed by atoms with E-state index >= 15 is 0 Å². The Bertz CT molecular complexity index is 1990. The van der Waals surface area contributed by atoms with Crippen LogP contribution in [-0.2, 0) is 0 Å².